The molecule has 1 unspecified atom stereocenters. The monoisotopic (exact) mass is 505 g/mol. The first-order chi connectivity index (χ1) is 13.0. The fraction of sp³-hybridized carbons (Fsp3) is 0.667. The highest BCUT2D eigenvalue weighted by atomic mass is 127. The van der Waals surface area contributed by atoms with Crippen LogP contribution in [0.15, 0.2) is 29.3 Å². The van der Waals surface area contributed by atoms with E-state index in [1.54, 1.807) is 0 Å². The van der Waals surface area contributed by atoms with Crippen LogP contribution in [0, 0.1) is 0 Å². The van der Waals surface area contributed by atoms with Crippen molar-refractivity contribution in [3.8, 4) is 5.75 Å². The molecule has 1 heterocycles. The third-order valence-electron chi connectivity index (χ3n) is 4.00. The summed E-state index contributed by atoms with van der Waals surface area (Å²) in [4.78, 5) is 4.70. The van der Waals surface area contributed by atoms with Gasteiger partial charge in [0, 0.05) is 31.9 Å². The van der Waals surface area contributed by atoms with E-state index in [1.807, 2.05) is 18.2 Å². The van der Waals surface area contributed by atoms with Gasteiger partial charge in [0.05, 0.1) is 19.3 Å². The van der Waals surface area contributed by atoms with Crippen molar-refractivity contribution in [1.29, 1.82) is 0 Å². The average Bonchev–Trinajstić information content (AvgIpc) is 3.12. The first-order valence-corrected chi connectivity index (χ1v) is 9.96. The summed E-state index contributed by atoms with van der Waals surface area (Å²) >= 11 is 0. The second-order valence-electron chi connectivity index (χ2n) is 7.65. The molecule has 0 saturated carbocycles. The van der Waals surface area contributed by atoms with E-state index in [0.29, 0.717) is 6.54 Å². The standard InChI is InChI=1S/C21H35N3O3.HI/c1-5-22-20(23-12-8-13-26-18-11-14-25-16-18)24-15-17-9-6-7-10-19(17)27-21(2,3)4;/h6-7,9-10,18H,5,8,11-16H2,1-4H3,(H2,22,23,24);1H. The fourth-order valence-corrected chi connectivity index (χ4v) is 2.74. The molecule has 0 aromatic heterocycles. The lowest BCUT2D eigenvalue weighted by atomic mass is 10.1. The molecule has 1 aliphatic rings. The Labute approximate surface area is 186 Å². The summed E-state index contributed by atoms with van der Waals surface area (Å²) in [5.74, 6) is 1.70. The number of rotatable bonds is 9. The van der Waals surface area contributed by atoms with Crippen LogP contribution >= 0.6 is 24.0 Å². The molecule has 0 radical (unpaired) electrons. The van der Waals surface area contributed by atoms with Crippen LogP contribution in [0.1, 0.15) is 46.1 Å². The Morgan fingerprint density at radius 1 is 1.25 bits per heavy atom. The van der Waals surface area contributed by atoms with E-state index >= 15 is 0 Å². The molecule has 0 amide bonds. The molecule has 1 atom stereocenters. The topological polar surface area (TPSA) is 64.1 Å². The molecule has 0 aliphatic carbocycles. The summed E-state index contributed by atoms with van der Waals surface area (Å²) in [7, 11) is 0. The second kappa shape index (κ2) is 13.2. The maximum Gasteiger partial charge on any atom is 0.191 e. The molecule has 7 heteroatoms. The Morgan fingerprint density at radius 2 is 2.04 bits per heavy atom. The number of nitrogens with zero attached hydrogens (tertiary/aromatic N) is 1. The number of guanidine groups is 1. The van der Waals surface area contributed by atoms with Crippen LogP contribution in [-0.4, -0.2) is 50.6 Å². The van der Waals surface area contributed by atoms with E-state index in [2.05, 4.69) is 44.4 Å². The summed E-state index contributed by atoms with van der Waals surface area (Å²) in [5, 5.41) is 6.66. The molecular weight excluding hydrogens is 469 g/mol. The number of nitrogens with one attached hydrogen (secondary N) is 2. The Balaban J connectivity index is 0.00000392. The van der Waals surface area contributed by atoms with E-state index in [0.717, 1.165) is 63.0 Å². The quantitative estimate of drug-likeness (QED) is 0.232. The largest absolute Gasteiger partial charge is 0.488 e. The lowest BCUT2D eigenvalue weighted by Crippen LogP contribution is -2.38. The number of ether oxygens (including phenoxy) is 3. The minimum atomic E-state index is -0.229. The number of hydrogen-bond acceptors (Lipinski definition) is 4. The van der Waals surface area contributed by atoms with Crippen LogP contribution in [0.4, 0.5) is 0 Å². The molecule has 1 saturated heterocycles. The SMILES string of the molecule is CCNC(=NCc1ccccc1OC(C)(C)C)NCCCOC1CCOC1.I. The van der Waals surface area contributed by atoms with Crippen LogP contribution in [-0.2, 0) is 16.0 Å². The molecule has 1 aromatic rings. The first kappa shape index (κ1) is 25.0. The van der Waals surface area contributed by atoms with Gasteiger partial charge in [-0.05, 0) is 46.6 Å². The van der Waals surface area contributed by atoms with Gasteiger partial charge in [-0.25, -0.2) is 4.99 Å². The Morgan fingerprint density at radius 3 is 2.71 bits per heavy atom. The number of hydrogen-bond donors (Lipinski definition) is 2. The minimum Gasteiger partial charge on any atom is -0.488 e. The van der Waals surface area contributed by atoms with Crippen molar-refractivity contribution in [3.63, 3.8) is 0 Å². The van der Waals surface area contributed by atoms with E-state index < -0.39 is 0 Å². The number of halogens is 1. The van der Waals surface area contributed by atoms with Crippen molar-refractivity contribution < 1.29 is 14.2 Å². The van der Waals surface area contributed by atoms with Crippen molar-refractivity contribution in [2.75, 3.05) is 32.9 Å². The van der Waals surface area contributed by atoms with Crippen LogP contribution in [0.3, 0.4) is 0 Å². The Hall–Kier alpha value is -1.06. The Kier molecular flexibility index (Phi) is 11.8. The van der Waals surface area contributed by atoms with E-state index in [-0.39, 0.29) is 35.7 Å². The smallest absolute Gasteiger partial charge is 0.191 e. The molecule has 1 aromatic carbocycles. The lowest BCUT2D eigenvalue weighted by molar-refractivity contribution is 0.0420. The van der Waals surface area contributed by atoms with E-state index in [9.17, 15) is 0 Å². The highest BCUT2D eigenvalue weighted by Crippen LogP contribution is 2.23. The van der Waals surface area contributed by atoms with Gasteiger partial charge in [0.25, 0.3) is 0 Å². The lowest BCUT2D eigenvalue weighted by Gasteiger charge is -2.23. The van der Waals surface area contributed by atoms with Gasteiger partial charge < -0.3 is 24.8 Å². The summed E-state index contributed by atoms with van der Waals surface area (Å²) in [6.07, 6.45) is 2.21. The highest BCUT2D eigenvalue weighted by Gasteiger charge is 2.15. The van der Waals surface area contributed by atoms with E-state index in [1.165, 1.54) is 0 Å². The van der Waals surface area contributed by atoms with Crippen molar-refractivity contribution in [3.05, 3.63) is 29.8 Å². The van der Waals surface area contributed by atoms with E-state index in [4.69, 9.17) is 19.2 Å². The molecule has 2 N–H and O–H groups in total. The predicted octanol–water partition coefficient (Wildman–Crippen LogP) is 3.73. The van der Waals surface area contributed by atoms with Gasteiger partial charge in [0.1, 0.15) is 11.4 Å². The first-order valence-electron chi connectivity index (χ1n) is 9.96. The molecule has 2 rings (SSSR count). The molecule has 0 bridgehead atoms. The van der Waals surface area contributed by atoms with Crippen LogP contribution < -0.4 is 15.4 Å². The molecule has 28 heavy (non-hydrogen) atoms. The van der Waals surface area contributed by atoms with Crippen molar-refractivity contribution in [2.24, 2.45) is 4.99 Å². The van der Waals surface area contributed by atoms with Crippen molar-refractivity contribution >= 4 is 29.9 Å². The minimum absolute atomic E-state index is 0. The van der Waals surface area contributed by atoms with Gasteiger partial charge in [0.15, 0.2) is 5.96 Å². The third kappa shape index (κ3) is 9.93. The van der Waals surface area contributed by atoms with Gasteiger partial charge in [-0.3, -0.25) is 0 Å². The van der Waals surface area contributed by atoms with Gasteiger partial charge in [-0.1, -0.05) is 18.2 Å². The number of benzene rings is 1. The zero-order chi connectivity index (χ0) is 19.5. The van der Waals surface area contributed by atoms with Crippen LogP contribution in [0.2, 0.25) is 0 Å². The summed E-state index contributed by atoms with van der Waals surface area (Å²) in [6, 6.07) is 8.07. The highest BCUT2D eigenvalue weighted by molar-refractivity contribution is 14.0. The second-order valence-corrected chi connectivity index (χ2v) is 7.65. The maximum absolute atomic E-state index is 6.05. The van der Waals surface area contributed by atoms with Crippen LogP contribution in [0.25, 0.3) is 0 Å². The summed E-state index contributed by atoms with van der Waals surface area (Å²) in [6.45, 7) is 12.7. The van der Waals surface area contributed by atoms with Gasteiger partial charge in [-0.2, -0.15) is 0 Å². The molecular formula is C21H36IN3O3. The predicted molar refractivity (Wildman–Crippen MR) is 125 cm³/mol. The van der Waals surface area contributed by atoms with Gasteiger partial charge >= 0.3 is 0 Å². The summed E-state index contributed by atoms with van der Waals surface area (Å²) in [5.41, 5.74) is 0.849. The fourth-order valence-electron chi connectivity index (χ4n) is 2.74. The molecule has 1 fully saturated rings. The molecule has 1 aliphatic heterocycles. The summed E-state index contributed by atoms with van der Waals surface area (Å²) < 4.78 is 17.2. The number of para-hydroxylation sites is 1. The molecule has 160 valence electrons. The van der Waals surface area contributed by atoms with Crippen molar-refractivity contribution in [1.82, 2.24) is 10.6 Å². The number of aliphatic imine (C=N–C) groups is 1. The zero-order valence-electron chi connectivity index (χ0n) is 17.6. The normalized spacial score (nSPS) is 17.1. The zero-order valence-corrected chi connectivity index (χ0v) is 20.0. The van der Waals surface area contributed by atoms with Gasteiger partial charge in [0.2, 0.25) is 0 Å². The van der Waals surface area contributed by atoms with Crippen LogP contribution in [0.5, 0.6) is 5.75 Å². The average molecular weight is 505 g/mol. The Bertz CT molecular complexity index is 585. The van der Waals surface area contributed by atoms with Gasteiger partial charge in [-0.15, -0.1) is 24.0 Å². The molecule has 0 spiro atoms. The van der Waals surface area contributed by atoms with Crippen molar-refractivity contribution in [2.45, 2.75) is 58.8 Å². The maximum atomic E-state index is 6.05. The third-order valence-corrected chi connectivity index (χ3v) is 4.00. The molecule has 6 nitrogen and oxygen atoms in total.